The van der Waals surface area contributed by atoms with Gasteiger partial charge in [-0.3, -0.25) is 20.0 Å². The van der Waals surface area contributed by atoms with Crippen molar-refractivity contribution in [1.82, 2.24) is 20.5 Å². The standard InChI is InChI=1S/C20H17N5O3S/c1-12-2-4-13(5-3-12)20-22-14(11-29-20)8-9-21-19(26)18-16-10-15(25(27)28)6-7-17(16)23-24-18/h2-7,10-11H,8-9H2,1H3,(H,21,26)(H,23,24). The molecule has 2 N–H and O–H groups in total. The van der Waals surface area contributed by atoms with E-state index in [0.29, 0.717) is 23.9 Å². The largest absolute Gasteiger partial charge is 0.350 e. The molecule has 29 heavy (non-hydrogen) atoms. The number of thiazole rings is 1. The highest BCUT2D eigenvalue weighted by atomic mass is 32.1. The van der Waals surface area contributed by atoms with E-state index in [-0.39, 0.29) is 17.3 Å². The van der Waals surface area contributed by atoms with Crippen LogP contribution in [0.3, 0.4) is 0 Å². The number of hydrogen-bond acceptors (Lipinski definition) is 6. The van der Waals surface area contributed by atoms with Crippen molar-refractivity contribution in [1.29, 1.82) is 0 Å². The molecule has 0 spiro atoms. The molecule has 0 unspecified atom stereocenters. The molecule has 0 aliphatic rings. The average molecular weight is 407 g/mol. The fourth-order valence-electron chi connectivity index (χ4n) is 2.93. The van der Waals surface area contributed by atoms with Gasteiger partial charge >= 0.3 is 0 Å². The minimum Gasteiger partial charge on any atom is -0.350 e. The van der Waals surface area contributed by atoms with Gasteiger partial charge in [-0.05, 0) is 13.0 Å². The van der Waals surface area contributed by atoms with Gasteiger partial charge in [-0.15, -0.1) is 11.3 Å². The Morgan fingerprint density at radius 3 is 2.79 bits per heavy atom. The van der Waals surface area contributed by atoms with E-state index in [1.54, 1.807) is 17.4 Å². The monoisotopic (exact) mass is 407 g/mol. The van der Waals surface area contributed by atoms with Crippen LogP contribution in [0.2, 0.25) is 0 Å². The van der Waals surface area contributed by atoms with Crippen LogP contribution in [0, 0.1) is 17.0 Å². The molecule has 0 atom stereocenters. The maximum atomic E-state index is 12.5. The molecule has 0 radical (unpaired) electrons. The number of nitro groups is 1. The highest BCUT2D eigenvalue weighted by Gasteiger charge is 2.17. The molecule has 0 saturated heterocycles. The van der Waals surface area contributed by atoms with Gasteiger partial charge in [-0.1, -0.05) is 29.8 Å². The normalized spacial score (nSPS) is 10.9. The first-order valence-corrected chi connectivity index (χ1v) is 9.81. The lowest BCUT2D eigenvalue weighted by Crippen LogP contribution is -2.26. The van der Waals surface area contributed by atoms with Crippen LogP contribution in [0.4, 0.5) is 5.69 Å². The van der Waals surface area contributed by atoms with Crippen molar-refractivity contribution in [2.24, 2.45) is 0 Å². The van der Waals surface area contributed by atoms with E-state index in [4.69, 9.17) is 0 Å². The summed E-state index contributed by atoms with van der Waals surface area (Å²) in [6.07, 6.45) is 0.580. The number of H-pyrrole nitrogens is 1. The summed E-state index contributed by atoms with van der Waals surface area (Å²) in [5.41, 5.74) is 3.79. The van der Waals surface area contributed by atoms with Gasteiger partial charge in [0.25, 0.3) is 11.6 Å². The number of nitrogens with zero attached hydrogens (tertiary/aromatic N) is 3. The van der Waals surface area contributed by atoms with Crippen LogP contribution >= 0.6 is 11.3 Å². The topological polar surface area (TPSA) is 114 Å². The molecule has 0 fully saturated rings. The van der Waals surface area contributed by atoms with Crippen molar-refractivity contribution in [2.75, 3.05) is 6.54 Å². The number of non-ortho nitro benzene ring substituents is 1. The maximum Gasteiger partial charge on any atom is 0.272 e. The van der Waals surface area contributed by atoms with Gasteiger partial charge < -0.3 is 5.32 Å². The molecule has 0 saturated carbocycles. The summed E-state index contributed by atoms with van der Waals surface area (Å²) in [4.78, 5) is 27.6. The number of aromatic nitrogens is 3. The summed E-state index contributed by atoms with van der Waals surface area (Å²) in [7, 11) is 0. The second kappa shape index (κ2) is 7.80. The van der Waals surface area contributed by atoms with E-state index in [9.17, 15) is 14.9 Å². The van der Waals surface area contributed by atoms with Gasteiger partial charge in [-0.2, -0.15) is 5.10 Å². The molecule has 9 heteroatoms. The van der Waals surface area contributed by atoms with Gasteiger partial charge in [0.1, 0.15) is 5.01 Å². The minimum absolute atomic E-state index is 0.0842. The molecule has 4 rings (SSSR count). The highest BCUT2D eigenvalue weighted by Crippen LogP contribution is 2.24. The molecule has 8 nitrogen and oxygen atoms in total. The molecule has 2 aromatic heterocycles. The van der Waals surface area contributed by atoms with E-state index in [1.807, 2.05) is 24.4 Å². The third kappa shape index (κ3) is 3.99. The molecular weight excluding hydrogens is 390 g/mol. The lowest BCUT2D eigenvalue weighted by atomic mass is 10.1. The van der Waals surface area contributed by atoms with Crippen molar-refractivity contribution in [3.8, 4) is 10.6 Å². The minimum atomic E-state index is -0.498. The second-order valence-electron chi connectivity index (χ2n) is 6.58. The van der Waals surface area contributed by atoms with E-state index in [2.05, 4.69) is 32.6 Å². The van der Waals surface area contributed by atoms with Crippen LogP contribution in [0.15, 0.2) is 47.8 Å². The Balaban J connectivity index is 1.40. The highest BCUT2D eigenvalue weighted by molar-refractivity contribution is 7.13. The molecule has 0 bridgehead atoms. The zero-order chi connectivity index (χ0) is 20.4. The molecule has 4 aromatic rings. The SMILES string of the molecule is Cc1ccc(-c2nc(CCNC(=O)c3n[nH]c4ccc([N+](=O)[O-])cc34)cs2)cc1. The number of hydrogen-bond donors (Lipinski definition) is 2. The average Bonchev–Trinajstić information content (AvgIpc) is 3.35. The van der Waals surface area contributed by atoms with Crippen LogP contribution in [0.1, 0.15) is 21.7 Å². The van der Waals surface area contributed by atoms with Crippen molar-refractivity contribution in [3.05, 3.63) is 74.9 Å². The van der Waals surface area contributed by atoms with Crippen molar-refractivity contribution < 1.29 is 9.72 Å². The van der Waals surface area contributed by atoms with E-state index < -0.39 is 4.92 Å². The number of rotatable bonds is 6. The molecule has 0 aliphatic heterocycles. The first-order valence-electron chi connectivity index (χ1n) is 8.93. The molecule has 146 valence electrons. The quantitative estimate of drug-likeness (QED) is 0.372. The summed E-state index contributed by atoms with van der Waals surface area (Å²) in [6.45, 7) is 2.43. The first-order chi connectivity index (χ1) is 14.0. The van der Waals surface area contributed by atoms with Crippen molar-refractivity contribution >= 4 is 33.8 Å². The maximum absolute atomic E-state index is 12.5. The number of carbonyl (C=O) groups is 1. The number of nitro benzene ring substituents is 1. The molecular formula is C20H17N5O3S. The Labute approximate surface area is 169 Å². The Morgan fingerprint density at radius 2 is 2.03 bits per heavy atom. The van der Waals surface area contributed by atoms with Gasteiger partial charge in [0.15, 0.2) is 5.69 Å². The third-order valence-corrected chi connectivity index (χ3v) is 5.43. The smallest absolute Gasteiger partial charge is 0.272 e. The Kier molecular flexibility index (Phi) is 5.05. The Hall–Kier alpha value is -3.59. The van der Waals surface area contributed by atoms with Crippen molar-refractivity contribution in [2.45, 2.75) is 13.3 Å². The van der Waals surface area contributed by atoms with Gasteiger partial charge in [0.2, 0.25) is 0 Å². The van der Waals surface area contributed by atoms with Gasteiger partial charge in [-0.25, -0.2) is 4.98 Å². The number of aryl methyl sites for hydroxylation is 1. The summed E-state index contributed by atoms with van der Waals surface area (Å²) in [6, 6.07) is 12.4. The number of carbonyl (C=O) groups excluding carboxylic acids is 1. The number of amides is 1. The van der Waals surface area contributed by atoms with Crippen LogP contribution in [-0.2, 0) is 6.42 Å². The van der Waals surface area contributed by atoms with Gasteiger partial charge in [0.05, 0.1) is 16.1 Å². The van der Waals surface area contributed by atoms with E-state index in [1.165, 1.54) is 17.7 Å². The number of nitrogens with one attached hydrogen (secondary N) is 2. The number of aromatic amines is 1. The first kappa shape index (κ1) is 18.8. The van der Waals surface area contributed by atoms with Crippen LogP contribution in [0.25, 0.3) is 21.5 Å². The number of benzene rings is 2. The summed E-state index contributed by atoms with van der Waals surface area (Å²) >= 11 is 1.57. The summed E-state index contributed by atoms with van der Waals surface area (Å²) < 4.78 is 0. The molecule has 1 amide bonds. The Morgan fingerprint density at radius 1 is 1.24 bits per heavy atom. The van der Waals surface area contributed by atoms with Gasteiger partial charge in [0, 0.05) is 41.4 Å². The molecule has 2 aromatic carbocycles. The van der Waals surface area contributed by atoms with Crippen LogP contribution in [-0.4, -0.2) is 32.6 Å². The molecule has 2 heterocycles. The Bertz CT molecular complexity index is 1200. The fraction of sp³-hybridized carbons (Fsp3) is 0.150. The van der Waals surface area contributed by atoms with Crippen molar-refractivity contribution in [3.63, 3.8) is 0 Å². The molecule has 0 aliphatic carbocycles. The van der Waals surface area contributed by atoms with E-state index >= 15 is 0 Å². The van der Waals surface area contributed by atoms with E-state index in [0.717, 1.165) is 16.3 Å². The fourth-order valence-corrected chi connectivity index (χ4v) is 3.79. The zero-order valence-electron chi connectivity index (χ0n) is 15.5. The predicted molar refractivity (Wildman–Crippen MR) is 111 cm³/mol. The third-order valence-electron chi connectivity index (χ3n) is 4.49. The number of fused-ring (bicyclic) bond motifs is 1. The zero-order valence-corrected chi connectivity index (χ0v) is 16.3. The lowest BCUT2D eigenvalue weighted by molar-refractivity contribution is -0.384. The lowest BCUT2D eigenvalue weighted by Gasteiger charge is -2.02. The summed E-state index contributed by atoms with van der Waals surface area (Å²) in [5.74, 6) is -0.384. The predicted octanol–water partition coefficient (Wildman–Crippen LogP) is 3.88. The second-order valence-corrected chi connectivity index (χ2v) is 7.43. The summed E-state index contributed by atoms with van der Waals surface area (Å²) in [5, 5.41) is 23.8. The van der Waals surface area contributed by atoms with Crippen LogP contribution in [0.5, 0.6) is 0 Å². The van der Waals surface area contributed by atoms with Crippen LogP contribution < -0.4 is 5.32 Å².